The molecule has 1 aromatic carbocycles. The van der Waals surface area contributed by atoms with Crippen molar-refractivity contribution in [3.8, 4) is 0 Å². The van der Waals surface area contributed by atoms with Crippen molar-refractivity contribution in [3.63, 3.8) is 0 Å². The number of benzene rings is 1. The van der Waals surface area contributed by atoms with E-state index in [-0.39, 0.29) is 5.91 Å². The molecule has 118 valence electrons. The number of pyridine rings is 1. The van der Waals surface area contributed by atoms with Crippen LogP contribution in [0.25, 0.3) is 10.9 Å². The average Bonchev–Trinajstić information content (AvgIpc) is 2.98. The second-order valence-electron chi connectivity index (χ2n) is 5.64. The summed E-state index contributed by atoms with van der Waals surface area (Å²) in [6.45, 7) is 0.578. The second kappa shape index (κ2) is 6.52. The minimum Gasteiger partial charge on any atom is -0.363 e. The van der Waals surface area contributed by atoms with Crippen molar-refractivity contribution in [1.82, 2.24) is 15.3 Å². The summed E-state index contributed by atoms with van der Waals surface area (Å²) < 4.78 is 0. The lowest BCUT2D eigenvalue weighted by atomic mass is 10.1. The molecule has 0 unspecified atom stereocenters. The topological polar surface area (TPSA) is 61.0 Å². The molecule has 0 aliphatic rings. The van der Waals surface area contributed by atoms with Gasteiger partial charge in [0.15, 0.2) is 0 Å². The van der Waals surface area contributed by atoms with Crippen molar-refractivity contribution >= 4 is 22.6 Å². The summed E-state index contributed by atoms with van der Waals surface area (Å²) in [4.78, 5) is 21.7. The van der Waals surface area contributed by atoms with Gasteiger partial charge in [-0.25, -0.2) is 4.98 Å². The van der Waals surface area contributed by atoms with Crippen LogP contribution in [0, 0.1) is 0 Å². The lowest BCUT2D eigenvalue weighted by Gasteiger charge is -2.12. The third-order valence-electron chi connectivity index (χ3n) is 3.78. The Morgan fingerprint density at radius 2 is 2.00 bits per heavy atom. The number of anilines is 1. The Morgan fingerprint density at radius 3 is 2.83 bits per heavy atom. The molecule has 2 aromatic heterocycles. The highest BCUT2D eigenvalue weighted by Gasteiger charge is 2.09. The molecule has 0 atom stereocenters. The van der Waals surface area contributed by atoms with Gasteiger partial charge >= 0.3 is 0 Å². The van der Waals surface area contributed by atoms with E-state index in [1.165, 1.54) is 10.9 Å². The van der Waals surface area contributed by atoms with Crippen LogP contribution >= 0.6 is 0 Å². The van der Waals surface area contributed by atoms with E-state index in [4.69, 9.17) is 0 Å². The van der Waals surface area contributed by atoms with Gasteiger partial charge in [0.2, 0.25) is 0 Å². The molecule has 3 aromatic rings. The first kappa shape index (κ1) is 15.1. The molecular weight excluding hydrogens is 288 g/mol. The number of hydrogen-bond donors (Lipinski definition) is 2. The van der Waals surface area contributed by atoms with Crippen LogP contribution in [0.5, 0.6) is 0 Å². The predicted octanol–water partition coefficient (Wildman–Crippen LogP) is 2.60. The van der Waals surface area contributed by atoms with Gasteiger partial charge in [0.1, 0.15) is 11.5 Å². The van der Waals surface area contributed by atoms with Gasteiger partial charge in [-0.1, -0.05) is 24.3 Å². The van der Waals surface area contributed by atoms with Gasteiger partial charge in [0.25, 0.3) is 5.91 Å². The van der Waals surface area contributed by atoms with Gasteiger partial charge in [-0.05, 0) is 30.2 Å². The van der Waals surface area contributed by atoms with E-state index in [9.17, 15) is 4.79 Å². The maximum absolute atomic E-state index is 12.2. The van der Waals surface area contributed by atoms with Gasteiger partial charge < -0.3 is 15.2 Å². The van der Waals surface area contributed by atoms with Crippen molar-refractivity contribution in [2.75, 3.05) is 25.5 Å². The third-order valence-corrected chi connectivity index (χ3v) is 3.78. The van der Waals surface area contributed by atoms with E-state index in [2.05, 4.69) is 21.4 Å². The van der Waals surface area contributed by atoms with Crippen LogP contribution in [-0.4, -0.2) is 36.5 Å². The molecular formula is C18H20N4O. The summed E-state index contributed by atoms with van der Waals surface area (Å²) >= 11 is 0. The Hall–Kier alpha value is -2.82. The highest BCUT2D eigenvalue weighted by Crippen LogP contribution is 2.17. The van der Waals surface area contributed by atoms with Crippen LogP contribution in [-0.2, 0) is 6.42 Å². The molecule has 3 rings (SSSR count). The first-order valence-corrected chi connectivity index (χ1v) is 7.63. The van der Waals surface area contributed by atoms with Crippen molar-refractivity contribution in [2.24, 2.45) is 0 Å². The number of hydrogen-bond acceptors (Lipinski definition) is 3. The normalized spacial score (nSPS) is 10.7. The third kappa shape index (κ3) is 3.34. The first-order valence-electron chi connectivity index (χ1n) is 7.63. The smallest absolute Gasteiger partial charge is 0.269 e. The van der Waals surface area contributed by atoms with E-state index >= 15 is 0 Å². The summed E-state index contributed by atoms with van der Waals surface area (Å²) in [5, 5.41) is 4.14. The lowest BCUT2D eigenvalue weighted by Crippen LogP contribution is -2.27. The average molecular weight is 308 g/mol. The Morgan fingerprint density at radius 1 is 1.17 bits per heavy atom. The number of aromatic amines is 1. The maximum atomic E-state index is 12.2. The first-order chi connectivity index (χ1) is 11.1. The van der Waals surface area contributed by atoms with Crippen molar-refractivity contribution in [2.45, 2.75) is 6.42 Å². The minimum absolute atomic E-state index is 0.145. The highest BCUT2D eigenvalue weighted by atomic mass is 16.1. The Kier molecular flexibility index (Phi) is 4.28. The SMILES string of the molecule is CN(C)c1cccc(C(=O)NCCc2c[nH]c3ccccc23)n1. The van der Waals surface area contributed by atoms with Gasteiger partial charge in [0, 0.05) is 37.7 Å². The molecule has 5 heteroatoms. The van der Waals surface area contributed by atoms with Crippen molar-refractivity contribution in [1.29, 1.82) is 0 Å². The number of rotatable bonds is 5. The fourth-order valence-electron chi connectivity index (χ4n) is 2.54. The minimum atomic E-state index is -0.145. The monoisotopic (exact) mass is 308 g/mol. The molecule has 23 heavy (non-hydrogen) atoms. The molecule has 0 spiro atoms. The second-order valence-corrected chi connectivity index (χ2v) is 5.64. The van der Waals surface area contributed by atoms with Crippen LogP contribution in [0.3, 0.4) is 0 Å². The fraction of sp³-hybridized carbons (Fsp3) is 0.222. The van der Waals surface area contributed by atoms with Gasteiger partial charge in [0.05, 0.1) is 0 Å². The Labute approximate surface area is 135 Å². The lowest BCUT2D eigenvalue weighted by molar-refractivity contribution is 0.0949. The number of carbonyl (C=O) groups is 1. The molecule has 1 amide bonds. The van der Waals surface area contributed by atoms with Crippen molar-refractivity contribution < 1.29 is 4.79 Å². The zero-order valence-corrected chi connectivity index (χ0v) is 13.3. The number of amides is 1. The Balaban J connectivity index is 1.62. The molecule has 2 heterocycles. The number of carbonyl (C=O) groups excluding carboxylic acids is 1. The van der Waals surface area contributed by atoms with Gasteiger partial charge in [-0.15, -0.1) is 0 Å². The molecule has 0 aliphatic carbocycles. The summed E-state index contributed by atoms with van der Waals surface area (Å²) in [6.07, 6.45) is 2.78. The molecule has 0 saturated carbocycles. The van der Waals surface area contributed by atoms with Gasteiger partial charge in [-0.2, -0.15) is 0 Å². The zero-order chi connectivity index (χ0) is 16.2. The molecule has 5 nitrogen and oxygen atoms in total. The number of aromatic nitrogens is 2. The predicted molar refractivity (Wildman–Crippen MR) is 92.9 cm³/mol. The molecule has 2 N–H and O–H groups in total. The number of fused-ring (bicyclic) bond motifs is 1. The standard InChI is InChI=1S/C18H20N4O/c1-22(2)17-9-5-8-16(21-17)18(23)19-11-10-13-12-20-15-7-4-3-6-14(13)15/h3-9,12,20H,10-11H2,1-2H3,(H,19,23). The number of nitrogens with zero attached hydrogens (tertiary/aromatic N) is 2. The number of nitrogens with one attached hydrogen (secondary N) is 2. The fourth-order valence-corrected chi connectivity index (χ4v) is 2.54. The number of para-hydroxylation sites is 1. The summed E-state index contributed by atoms with van der Waals surface area (Å²) in [7, 11) is 3.81. The van der Waals surface area contributed by atoms with Crippen LogP contribution in [0.4, 0.5) is 5.82 Å². The van der Waals surface area contributed by atoms with E-state index < -0.39 is 0 Å². The summed E-state index contributed by atoms with van der Waals surface area (Å²) in [5.41, 5.74) is 2.76. The van der Waals surface area contributed by atoms with E-state index in [1.54, 1.807) is 6.07 Å². The van der Waals surface area contributed by atoms with Gasteiger partial charge in [-0.3, -0.25) is 4.79 Å². The van der Waals surface area contributed by atoms with Crippen LogP contribution in [0.15, 0.2) is 48.7 Å². The van der Waals surface area contributed by atoms with Crippen LogP contribution < -0.4 is 10.2 Å². The van der Waals surface area contributed by atoms with E-state index in [0.29, 0.717) is 12.2 Å². The van der Waals surface area contributed by atoms with Crippen LogP contribution in [0.2, 0.25) is 0 Å². The molecule has 0 aliphatic heterocycles. The van der Waals surface area contributed by atoms with Crippen molar-refractivity contribution in [3.05, 3.63) is 59.9 Å². The Bertz CT molecular complexity index is 823. The largest absolute Gasteiger partial charge is 0.363 e. The quantitative estimate of drug-likeness (QED) is 0.761. The van der Waals surface area contributed by atoms with E-state index in [0.717, 1.165) is 17.8 Å². The molecule has 0 saturated heterocycles. The van der Waals surface area contributed by atoms with E-state index in [1.807, 2.05) is 55.5 Å². The molecule has 0 fully saturated rings. The maximum Gasteiger partial charge on any atom is 0.269 e. The zero-order valence-electron chi connectivity index (χ0n) is 13.3. The number of H-pyrrole nitrogens is 1. The van der Waals surface area contributed by atoms with Crippen LogP contribution in [0.1, 0.15) is 16.1 Å². The highest BCUT2D eigenvalue weighted by molar-refractivity contribution is 5.92. The molecule has 0 radical (unpaired) electrons. The summed E-state index contributed by atoms with van der Waals surface area (Å²) in [6, 6.07) is 13.6. The molecule has 0 bridgehead atoms. The summed E-state index contributed by atoms with van der Waals surface area (Å²) in [5.74, 6) is 0.628.